The zero-order chi connectivity index (χ0) is 13.7. The Morgan fingerprint density at radius 3 is 1.89 bits per heavy atom. The van der Waals surface area contributed by atoms with Gasteiger partial charge in [0, 0.05) is 18.6 Å². The van der Waals surface area contributed by atoms with Crippen molar-refractivity contribution >= 4 is 10.9 Å². The number of aryl methyl sites for hydroxylation is 1. The Hall–Kier alpha value is -1.24. The lowest BCUT2D eigenvalue weighted by molar-refractivity contribution is 0.592. The predicted octanol–water partition coefficient (Wildman–Crippen LogP) is 4.77. The maximum atomic E-state index is 2.29. The highest BCUT2D eigenvalue weighted by Gasteiger charge is 2.24. The molecule has 0 bridgehead atoms. The van der Waals surface area contributed by atoms with Crippen molar-refractivity contribution < 1.29 is 0 Å². The van der Waals surface area contributed by atoms with Crippen LogP contribution in [-0.2, 0) is 17.9 Å². The van der Waals surface area contributed by atoms with E-state index in [0.29, 0.717) is 0 Å². The zero-order valence-corrected chi connectivity index (χ0v) is 12.8. The van der Waals surface area contributed by atoms with Gasteiger partial charge >= 0.3 is 0 Å². The Balaban J connectivity index is 2.85. The molecule has 2 aromatic rings. The topological polar surface area (TPSA) is 4.93 Å². The Labute approximate surface area is 111 Å². The summed E-state index contributed by atoms with van der Waals surface area (Å²) in [6.45, 7) is 13.7. The van der Waals surface area contributed by atoms with Crippen molar-refractivity contribution in [2.45, 2.75) is 52.4 Å². The molecule has 0 aliphatic carbocycles. The van der Waals surface area contributed by atoms with Gasteiger partial charge in [0.1, 0.15) is 0 Å². The Kier molecular flexibility index (Phi) is 2.84. The Morgan fingerprint density at radius 2 is 1.39 bits per heavy atom. The molecule has 1 heteroatoms. The molecule has 1 aromatic heterocycles. The third-order valence-electron chi connectivity index (χ3n) is 3.62. The second-order valence-corrected chi connectivity index (χ2v) is 7.36. The first-order valence-corrected chi connectivity index (χ1v) is 6.71. The highest BCUT2D eigenvalue weighted by atomic mass is 14.9. The fourth-order valence-corrected chi connectivity index (χ4v) is 2.67. The van der Waals surface area contributed by atoms with Crippen molar-refractivity contribution in [1.82, 2.24) is 4.57 Å². The Morgan fingerprint density at radius 1 is 0.833 bits per heavy atom. The minimum Gasteiger partial charge on any atom is -0.350 e. The molecule has 0 radical (unpaired) electrons. The van der Waals surface area contributed by atoms with E-state index in [2.05, 4.69) is 77.6 Å². The molecule has 0 saturated heterocycles. The van der Waals surface area contributed by atoms with Crippen LogP contribution >= 0.6 is 0 Å². The number of aromatic nitrogens is 1. The summed E-state index contributed by atoms with van der Waals surface area (Å²) in [5.41, 5.74) is 4.62. The summed E-state index contributed by atoms with van der Waals surface area (Å²) < 4.78 is 2.29. The van der Waals surface area contributed by atoms with Crippen LogP contribution in [0.5, 0.6) is 0 Å². The Bertz CT molecular complexity index is 574. The lowest BCUT2D eigenvalue weighted by atomic mass is 9.83. The van der Waals surface area contributed by atoms with E-state index in [0.717, 1.165) is 0 Å². The smallest absolute Gasteiger partial charge is 0.0518 e. The molecule has 0 unspecified atom stereocenters. The molecule has 0 spiro atoms. The first-order chi connectivity index (χ1) is 8.12. The molecule has 1 nitrogen and oxygen atoms in total. The second kappa shape index (κ2) is 3.88. The van der Waals surface area contributed by atoms with Gasteiger partial charge in [0.15, 0.2) is 0 Å². The van der Waals surface area contributed by atoms with E-state index in [1.54, 1.807) is 0 Å². The van der Waals surface area contributed by atoms with Crippen molar-refractivity contribution in [1.29, 1.82) is 0 Å². The van der Waals surface area contributed by atoms with Gasteiger partial charge in [-0.15, -0.1) is 0 Å². The van der Waals surface area contributed by atoms with Crippen LogP contribution in [0.3, 0.4) is 0 Å². The van der Waals surface area contributed by atoms with E-state index in [1.807, 2.05) is 0 Å². The summed E-state index contributed by atoms with van der Waals surface area (Å²) in [5.74, 6) is 0. The number of hydrogen-bond acceptors (Lipinski definition) is 0. The summed E-state index contributed by atoms with van der Waals surface area (Å²) in [7, 11) is 2.16. The third kappa shape index (κ3) is 2.07. The molecule has 1 aromatic carbocycles. The van der Waals surface area contributed by atoms with Gasteiger partial charge in [-0.1, -0.05) is 59.7 Å². The summed E-state index contributed by atoms with van der Waals surface area (Å²) in [6.07, 6.45) is 2.29. The molecule has 0 atom stereocenters. The van der Waals surface area contributed by atoms with E-state index >= 15 is 0 Å². The van der Waals surface area contributed by atoms with Crippen molar-refractivity contribution in [3.63, 3.8) is 0 Å². The maximum Gasteiger partial charge on any atom is 0.0518 e. The first-order valence-electron chi connectivity index (χ1n) is 6.71. The molecule has 1 heterocycles. The highest BCUT2D eigenvalue weighted by Crippen LogP contribution is 2.36. The van der Waals surface area contributed by atoms with Crippen LogP contribution < -0.4 is 0 Å². The van der Waals surface area contributed by atoms with Crippen LogP contribution in [-0.4, -0.2) is 4.57 Å². The summed E-state index contributed by atoms with van der Waals surface area (Å²) >= 11 is 0. The first kappa shape index (κ1) is 13.2. The minimum absolute atomic E-state index is 0.181. The lowest BCUT2D eigenvalue weighted by Crippen LogP contribution is -2.13. The van der Waals surface area contributed by atoms with E-state index in [1.165, 1.54) is 22.0 Å². The fourth-order valence-electron chi connectivity index (χ4n) is 2.67. The van der Waals surface area contributed by atoms with Gasteiger partial charge in [-0.05, 0) is 22.0 Å². The normalized spacial score (nSPS) is 13.3. The summed E-state index contributed by atoms with van der Waals surface area (Å²) in [6, 6.07) is 6.71. The highest BCUT2D eigenvalue weighted by molar-refractivity contribution is 5.88. The van der Waals surface area contributed by atoms with Gasteiger partial charge in [-0.3, -0.25) is 0 Å². The van der Waals surface area contributed by atoms with Crippen LogP contribution in [0.2, 0.25) is 0 Å². The minimum atomic E-state index is 0.181. The quantitative estimate of drug-likeness (QED) is 0.628. The largest absolute Gasteiger partial charge is 0.350 e. The van der Waals surface area contributed by atoms with E-state index < -0.39 is 0 Å². The van der Waals surface area contributed by atoms with Crippen LogP contribution in [0, 0.1) is 0 Å². The molecule has 0 N–H and O–H groups in total. The summed E-state index contributed by atoms with van der Waals surface area (Å²) in [4.78, 5) is 0. The third-order valence-corrected chi connectivity index (χ3v) is 3.62. The van der Waals surface area contributed by atoms with Crippen LogP contribution in [0.1, 0.15) is 52.7 Å². The molecule has 0 aliphatic heterocycles. The molecule has 98 valence electrons. The van der Waals surface area contributed by atoms with Gasteiger partial charge in [-0.2, -0.15) is 0 Å². The fraction of sp³-hybridized carbons (Fsp3) is 0.529. The van der Waals surface area contributed by atoms with E-state index in [-0.39, 0.29) is 10.8 Å². The summed E-state index contributed by atoms with van der Waals surface area (Å²) in [5, 5.41) is 1.40. The molecule has 18 heavy (non-hydrogen) atoms. The van der Waals surface area contributed by atoms with Gasteiger partial charge in [-0.25, -0.2) is 0 Å². The number of rotatable bonds is 0. The average Bonchev–Trinajstić information content (AvgIpc) is 2.54. The van der Waals surface area contributed by atoms with Crippen LogP contribution in [0.15, 0.2) is 24.4 Å². The molecular weight excluding hydrogens is 218 g/mol. The van der Waals surface area contributed by atoms with Crippen molar-refractivity contribution in [3.8, 4) is 0 Å². The monoisotopic (exact) mass is 243 g/mol. The number of nitrogens with zero attached hydrogens (tertiary/aromatic N) is 1. The van der Waals surface area contributed by atoms with Gasteiger partial charge < -0.3 is 4.57 Å². The number of benzene rings is 1. The molecule has 0 aliphatic rings. The van der Waals surface area contributed by atoms with Crippen molar-refractivity contribution in [2.75, 3.05) is 0 Å². The number of hydrogen-bond donors (Lipinski definition) is 0. The molecule has 0 saturated carbocycles. The van der Waals surface area contributed by atoms with Crippen molar-refractivity contribution in [3.05, 3.63) is 35.5 Å². The van der Waals surface area contributed by atoms with E-state index in [4.69, 9.17) is 0 Å². The number of fused-ring (bicyclic) bond motifs is 1. The molecule has 0 fully saturated rings. The SMILES string of the molecule is Cn1cc(C(C)(C)C)c2cccc(C(C)(C)C)c21. The van der Waals surface area contributed by atoms with E-state index in [9.17, 15) is 0 Å². The predicted molar refractivity (Wildman–Crippen MR) is 80.3 cm³/mol. The molecule has 2 rings (SSSR count). The molecular formula is C17H25N. The van der Waals surface area contributed by atoms with Crippen molar-refractivity contribution in [2.24, 2.45) is 7.05 Å². The standard InChI is InChI=1S/C17H25N/c1-16(2,3)13-10-8-9-12-14(17(4,5)6)11-18(7)15(12)13/h8-11H,1-7H3. The number of para-hydroxylation sites is 1. The zero-order valence-electron chi connectivity index (χ0n) is 12.8. The lowest BCUT2D eigenvalue weighted by Gasteiger charge is -2.22. The van der Waals surface area contributed by atoms with Gasteiger partial charge in [0.05, 0.1) is 5.52 Å². The maximum absolute atomic E-state index is 2.29. The molecule has 0 amide bonds. The van der Waals surface area contributed by atoms with Crippen LogP contribution in [0.25, 0.3) is 10.9 Å². The average molecular weight is 243 g/mol. The van der Waals surface area contributed by atoms with Crippen LogP contribution in [0.4, 0.5) is 0 Å². The van der Waals surface area contributed by atoms with Gasteiger partial charge in [0.25, 0.3) is 0 Å². The second-order valence-electron chi connectivity index (χ2n) is 7.36. The van der Waals surface area contributed by atoms with Gasteiger partial charge in [0.2, 0.25) is 0 Å².